The van der Waals surface area contributed by atoms with Crippen molar-refractivity contribution < 1.29 is 4.79 Å². The monoisotopic (exact) mass is 210 g/mol. The van der Waals surface area contributed by atoms with Gasteiger partial charge in [0.2, 0.25) is 5.91 Å². The fourth-order valence-electron chi connectivity index (χ4n) is 1.05. The van der Waals surface area contributed by atoms with Crippen LogP contribution in [0.4, 0.5) is 5.69 Å². The van der Waals surface area contributed by atoms with E-state index >= 15 is 0 Å². The first-order chi connectivity index (χ1) is 6.76. The van der Waals surface area contributed by atoms with Crippen LogP contribution in [0.25, 0.3) is 0 Å². The number of hydrogen-bond donors (Lipinski definition) is 2. The summed E-state index contributed by atoms with van der Waals surface area (Å²) in [6.07, 6.45) is 1.90. The Labute approximate surface area is 88.1 Å². The van der Waals surface area contributed by atoms with Gasteiger partial charge in [0.15, 0.2) is 0 Å². The Morgan fingerprint density at radius 3 is 2.57 bits per heavy atom. The van der Waals surface area contributed by atoms with E-state index in [0.717, 1.165) is 11.3 Å². The van der Waals surface area contributed by atoms with E-state index in [2.05, 4.69) is 5.32 Å². The van der Waals surface area contributed by atoms with Gasteiger partial charge in [-0.05, 0) is 24.0 Å². The largest absolute Gasteiger partial charge is 0.326 e. The molecule has 0 aliphatic heterocycles. The molecule has 3 nitrogen and oxygen atoms in total. The minimum atomic E-state index is 0.0259. The van der Waals surface area contributed by atoms with Crippen molar-refractivity contribution in [2.75, 3.05) is 17.3 Å². The molecule has 0 fully saturated rings. The molecule has 0 aromatic heterocycles. The van der Waals surface area contributed by atoms with E-state index in [9.17, 15) is 4.79 Å². The summed E-state index contributed by atoms with van der Waals surface area (Å²) in [6, 6.07) is 7.55. The Balaban J connectivity index is 2.55. The van der Waals surface area contributed by atoms with E-state index in [1.807, 2.05) is 30.5 Å². The first-order valence-electron chi connectivity index (χ1n) is 4.34. The third-order valence-electron chi connectivity index (χ3n) is 1.75. The molecule has 0 spiro atoms. The number of hydrogen-bond acceptors (Lipinski definition) is 3. The number of nitrogens with two attached hydrogens (primary N) is 1. The number of benzene rings is 1. The molecule has 3 N–H and O–H groups in total. The number of nitrogens with one attached hydrogen (secondary N) is 1. The maximum Gasteiger partial charge on any atom is 0.234 e. The van der Waals surface area contributed by atoms with Gasteiger partial charge < -0.3 is 11.1 Å². The van der Waals surface area contributed by atoms with Gasteiger partial charge in [-0.25, -0.2) is 0 Å². The summed E-state index contributed by atoms with van der Waals surface area (Å²) >= 11 is 1.50. The van der Waals surface area contributed by atoms with Gasteiger partial charge in [0.1, 0.15) is 0 Å². The number of anilines is 1. The van der Waals surface area contributed by atoms with Crippen molar-refractivity contribution in [3.8, 4) is 0 Å². The van der Waals surface area contributed by atoms with Crippen LogP contribution in [0.3, 0.4) is 0 Å². The molecule has 0 saturated carbocycles. The van der Waals surface area contributed by atoms with Crippen LogP contribution >= 0.6 is 11.8 Å². The zero-order valence-electron chi connectivity index (χ0n) is 8.12. The zero-order chi connectivity index (χ0) is 10.4. The molecule has 0 unspecified atom stereocenters. The molecule has 0 aliphatic carbocycles. The molecule has 1 aromatic carbocycles. The van der Waals surface area contributed by atoms with Crippen molar-refractivity contribution in [3.63, 3.8) is 0 Å². The molecule has 1 aromatic rings. The Kier molecular flexibility index (Phi) is 4.49. The van der Waals surface area contributed by atoms with Crippen LogP contribution in [0.1, 0.15) is 5.56 Å². The fraction of sp³-hybridized carbons (Fsp3) is 0.300. The third-order valence-corrected chi connectivity index (χ3v) is 2.30. The summed E-state index contributed by atoms with van der Waals surface area (Å²) in [5.41, 5.74) is 7.34. The predicted octanol–water partition coefficient (Wildman–Crippen LogP) is 1.45. The van der Waals surface area contributed by atoms with Gasteiger partial charge in [0.05, 0.1) is 5.75 Å². The second-order valence-electron chi connectivity index (χ2n) is 2.88. The first-order valence-corrected chi connectivity index (χ1v) is 5.73. The summed E-state index contributed by atoms with van der Waals surface area (Å²) in [5, 5.41) is 2.79. The second kappa shape index (κ2) is 5.67. The van der Waals surface area contributed by atoms with Crippen molar-refractivity contribution in [3.05, 3.63) is 29.8 Å². The highest BCUT2D eigenvalue weighted by molar-refractivity contribution is 7.99. The highest BCUT2D eigenvalue weighted by atomic mass is 32.2. The van der Waals surface area contributed by atoms with Crippen molar-refractivity contribution in [2.24, 2.45) is 5.73 Å². The average molecular weight is 210 g/mol. The minimum absolute atomic E-state index is 0.0259. The first kappa shape index (κ1) is 11.1. The van der Waals surface area contributed by atoms with E-state index in [1.54, 1.807) is 0 Å². The van der Waals surface area contributed by atoms with Gasteiger partial charge >= 0.3 is 0 Å². The molecule has 0 radical (unpaired) electrons. The maximum atomic E-state index is 11.2. The molecule has 1 rings (SSSR count). The molecule has 0 saturated heterocycles. The van der Waals surface area contributed by atoms with Gasteiger partial charge in [-0.3, -0.25) is 4.79 Å². The molecule has 0 atom stereocenters. The standard InChI is InChI=1S/C10H14N2OS/c1-14-7-10(13)12-9-4-2-8(6-11)3-5-9/h2-5H,6-7,11H2,1H3,(H,12,13). The summed E-state index contributed by atoms with van der Waals surface area (Å²) in [5.74, 6) is 0.511. The molecule has 0 aliphatic rings. The van der Waals surface area contributed by atoms with Crippen molar-refractivity contribution >= 4 is 23.4 Å². The third kappa shape index (κ3) is 3.40. The number of thioether (sulfide) groups is 1. The highest BCUT2D eigenvalue weighted by Gasteiger charge is 1.99. The van der Waals surface area contributed by atoms with Gasteiger partial charge in [0.25, 0.3) is 0 Å². The number of amides is 1. The van der Waals surface area contributed by atoms with Gasteiger partial charge in [-0.1, -0.05) is 12.1 Å². The molecular weight excluding hydrogens is 196 g/mol. The molecular formula is C10H14N2OS. The van der Waals surface area contributed by atoms with Crippen molar-refractivity contribution in [2.45, 2.75) is 6.54 Å². The summed E-state index contributed by atoms with van der Waals surface area (Å²) in [6.45, 7) is 0.527. The number of carbonyl (C=O) groups excluding carboxylic acids is 1. The Morgan fingerprint density at radius 1 is 1.43 bits per heavy atom. The highest BCUT2D eigenvalue weighted by Crippen LogP contribution is 2.09. The molecule has 0 heterocycles. The fourth-order valence-corrected chi connectivity index (χ4v) is 1.39. The summed E-state index contributed by atoms with van der Waals surface area (Å²) < 4.78 is 0. The van der Waals surface area contributed by atoms with Crippen LogP contribution in [-0.2, 0) is 11.3 Å². The second-order valence-corrected chi connectivity index (χ2v) is 3.75. The molecule has 14 heavy (non-hydrogen) atoms. The lowest BCUT2D eigenvalue weighted by Gasteiger charge is -2.04. The number of rotatable bonds is 4. The van der Waals surface area contributed by atoms with Crippen LogP contribution in [0.2, 0.25) is 0 Å². The minimum Gasteiger partial charge on any atom is -0.326 e. The lowest BCUT2D eigenvalue weighted by atomic mass is 10.2. The van der Waals surface area contributed by atoms with Gasteiger partial charge in [0, 0.05) is 12.2 Å². The van der Waals surface area contributed by atoms with Crippen LogP contribution in [0.15, 0.2) is 24.3 Å². The SMILES string of the molecule is CSCC(=O)Nc1ccc(CN)cc1. The zero-order valence-corrected chi connectivity index (χ0v) is 8.93. The average Bonchev–Trinajstić information content (AvgIpc) is 2.19. The Hall–Kier alpha value is -1.00. The Morgan fingerprint density at radius 2 is 2.07 bits per heavy atom. The van der Waals surface area contributed by atoms with Crippen LogP contribution in [0, 0.1) is 0 Å². The predicted molar refractivity (Wildman–Crippen MR) is 61.3 cm³/mol. The normalized spacial score (nSPS) is 9.86. The van der Waals surface area contributed by atoms with Crippen molar-refractivity contribution in [1.82, 2.24) is 0 Å². The molecule has 0 bridgehead atoms. The maximum absolute atomic E-state index is 11.2. The lowest BCUT2D eigenvalue weighted by molar-refractivity contribution is -0.113. The van der Waals surface area contributed by atoms with E-state index < -0.39 is 0 Å². The van der Waals surface area contributed by atoms with Crippen LogP contribution in [0.5, 0.6) is 0 Å². The lowest BCUT2D eigenvalue weighted by Crippen LogP contribution is -2.13. The molecule has 4 heteroatoms. The summed E-state index contributed by atoms with van der Waals surface area (Å²) in [7, 11) is 0. The topological polar surface area (TPSA) is 55.1 Å². The van der Waals surface area contributed by atoms with Gasteiger partial charge in [-0.15, -0.1) is 0 Å². The van der Waals surface area contributed by atoms with E-state index in [0.29, 0.717) is 12.3 Å². The van der Waals surface area contributed by atoms with E-state index in [-0.39, 0.29) is 5.91 Å². The van der Waals surface area contributed by atoms with Gasteiger partial charge in [-0.2, -0.15) is 11.8 Å². The van der Waals surface area contributed by atoms with Crippen LogP contribution in [-0.4, -0.2) is 17.9 Å². The van der Waals surface area contributed by atoms with Crippen LogP contribution < -0.4 is 11.1 Å². The summed E-state index contributed by atoms with van der Waals surface area (Å²) in [4.78, 5) is 11.2. The smallest absolute Gasteiger partial charge is 0.234 e. The Bertz CT molecular complexity index is 297. The van der Waals surface area contributed by atoms with E-state index in [1.165, 1.54) is 11.8 Å². The quantitative estimate of drug-likeness (QED) is 0.790. The van der Waals surface area contributed by atoms with E-state index in [4.69, 9.17) is 5.73 Å². The molecule has 1 amide bonds. The molecule has 76 valence electrons. The van der Waals surface area contributed by atoms with Crippen molar-refractivity contribution in [1.29, 1.82) is 0 Å². The number of carbonyl (C=O) groups is 1.